The van der Waals surface area contributed by atoms with Crippen LogP contribution in [0.15, 0.2) is 54.6 Å². The third kappa shape index (κ3) is 3.60. The molecule has 1 unspecified atom stereocenters. The molecule has 0 N–H and O–H groups in total. The number of amides is 3. The summed E-state index contributed by atoms with van der Waals surface area (Å²) in [6.07, 6.45) is 1.97. The van der Waals surface area contributed by atoms with Crippen molar-refractivity contribution in [3.05, 3.63) is 65.2 Å². The fourth-order valence-corrected chi connectivity index (χ4v) is 3.66. The third-order valence-corrected chi connectivity index (χ3v) is 5.22. The minimum atomic E-state index is -0.718. The van der Waals surface area contributed by atoms with E-state index in [1.165, 1.54) is 4.90 Å². The lowest BCUT2D eigenvalue weighted by Crippen LogP contribution is -2.47. The fourth-order valence-electron chi connectivity index (χ4n) is 3.53. The number of hydrogen-bond acceptors (Lipinski definition) is 3. The first-order valence-corrected chi connectivity index (χ1v) is 9.40. The predicted octanol–water partition coefficient (Wildman–Crippen LogP) is 3.21. The Morgan fingerprint density at radius 2 is 1.70 bits per heavy atom. The summed E-state index contributed by atoms with van der Waals surface area (Å²) in [7, 11) is 0. The van der Waals surface area contributed by atoms with Gasteiger partial charge in [-0.2, -0.15) is 0 Å². The molecule has 0 spiro atoms. The Hall–Kier alpha value is -2.66. The van der Waals surface area contributed by atoms with Crippen LogP contribution in [-0.4, -0.2) is 34.7 Å². The van der Waals surface area contributed by atoms with Gasteiger partial charge in [0.05, 0.1) is 18.5 Å². The normalized spacial score (nSPS) is 19.4. The largest absolute Gasteiger partial charge is 0.327 e. The van der Waals surface area contributed by atoms with Crippen molar-refractivity contribution in [2.45, 2.75) is 37.8 Å². The van der Waals surface area contributed by atoms with E-state index in [2.05, 4.69) is 0 Å². The van der Waals surface area contributed by atoms with Crippen LogP contribution in [0.4, 0.5) is 5.69 Å². The van der Waals surface area contributed by atoms with Gasteiger partial charge >= 0.3 is 0 Å². The molecule has 0 bridgehead atoms. The Bertz CT molecular complexity index is 878. The summed E-state index contributed by atoms with van der Waals surface area (Å²) in [5.41, 5.74) is 1.39. The topological polar surface area (TPSA) is 57.7 Å². The number of nitrogens with zero attached hydrogens (tertiary/aromatic N) is 2. The van der Waals surface area contributed by atoms with Crippen LogP contribution in [0.5, 0.6) is 0 Å². The van der Waals surface area contributed by atoms with Gasteiger partial charge in [-0.1, -0.05) is 41.9 Å². The molecule has 4 rings (SSSR count). The highest BCUT2D eigenvalue weighted by Gasteiger charge is 2.48. The number of benzene rings is 2. The van der Waals surface area contributed by atoms with Crippen LogP contribution < -0.4 is 4.90 Å². The van der Waals surface area contributed by atoms with Gasteiger partial charge in [0.2, 0.25) is 11.8 Å². The summed E-state index contributed by atoms with van der Waals surface area (Å²) in [6, 6.07) is 15.3. The molecule has 1 aliphatic heterocycles. The molecule has 27 heavy (non-hydrogen) atoms. The summed E-state index contributed by atoms with van der Waals surface area (Å²) < 4.78 is 0. The zero-order chi connectivity index (χ0) is 19.0. The minimum absolute atomic E-state index is 0.0383. The highest BCUT2D eigenvalue weighted by molar-refractivity contribution is 6.30. The number of rotatable bonds is 5. The lowest BCUT2D eigenvalue weighted by atomic mass is 10.1. The molecule has 1 atom stereocenters. The smallest absolute Gasteiger partial charge is 0.257 e. The van der Waals surface area contributed by atoms with Gasteiger partial charge in [0, 0.05) is 11.1 Å². The molecule has 3 amide bonds. The molecule has 2 aromatic carbocycles. The molecule has 6 heteroatoms. The first-order chi connectivity index (χ1) is 13.0. The Labute approximate surface area is 162 Å². The number of imide groups is 1. The van der Waals surface area contributed by atoms with Gasteiger partial charge in [0.1, 0.15) is 6.04 Å². The second kappa shape index (κ2) is 7.16. The number of halogens is 1. The first kappa shape index (κ1) is 17.7. The van der Waals surface area contributed by atoms with Gasteiger partial charge in [0.25, 0.3) is 5.91 Å². The van der Waals surface area contributed by atoms with Gasteiger partial charge in [0.15, 0.2) is 0 Å². The second-order valence-electron chi connectivity index (χ2n) is 6.96. The number of carbonyl (C=O) groups is 3. The van der Waals surface area contributed by atoms with Crippen LogP contribution in [0.1, 0.15) is 24.8 Å². The Kier molecular flexibility index (Phi) is 4.70. The van der Waals surface area contributed by atoms with E-state index in [4.69, 9.17) is 11.6 Å². The molecular weight excluding hydrogens is 364 g/mol. The van der Waals surface area contributed by atoms with E-state index in [-0.39, 0.29) is 36.6 Å². The monoisotopic (exact) mass is 382 g/mol. The zero-order valence-electron chi connectivity index (χ0n) is 14.7. The van der Waals surface area contributed by atoms with E-state index in [0.29, 0.717) is 10.7 Å². The Morgan fingerprint density at radius 1 is 1.04 bits per heavy atom. The van der Waals surface area contributed by atoms with Crippen molar-refractivity contribution in [2.24, 2.45) is 0 Å². The lowest BCUT2D eigenvalue weighted by molar-refractivity contribution is -0.138. The van der Waals surface area contributed by atoms with Gasteiger partial charge < -0.3 is 4.90 Å². The second-order valence-corrected chi connectivity index (χ2v) is 7.39. The summed E-state index contributed by atoms with van der Waals surface area (Å²) >= 11 is 5.90. The van der Waals surface area contributed by atoms with Crippen LogP contribution >= 0.6 is 11.6 Å². The Morgan fingerprint density at radius 3 is 2.33 bits per heavy atom. The SMILES string of the molecule is O=C1CC(N(C(=O)Cc2ccc(Cl)cc2)C2CC2)C(=O)N1c1ccccc1. The standard InChI is InChI=1S/C21H19ClN2O3/c22-15-8-6-14(7-9-15)12-19(25)23(17-10-11-17)18-13-20(26)24(21(18)27)16-4-2-1-3-5-16/h1-9,17-18H,10-13H2. The number of anilines is 1. The van der Waals surface area contributed by atoms with Crippen molar-refractivity contribution in [1.82, 2.24) is 4.90 Å². The van der Waals surface area contributed by atoms with Crippen molar-refractivity contribution in [1.29, 1.82) is 0 Å². The van der Waals surface area contributed by atoms with Gasteiger partial charge in [-0.05, 0) is 42.7 Å². The van der Waals surface area contributed by atoms with Crippen molar-refractivity contribution in [3.8, 4) is 0 Å². The quantitative estimate of drug-likeness (QED) is 0.746. The van der Waals surface area contributed by atoms with Crippen LogP contribution in [0.25, 0.3) is 0 Å². The van der Waals surface area contributed by atoms with Crippen LogP contribution in [0.3, 0.4) is 0 Å². The summed E-state index contributed by atoms with van der Waals surface area (Å²) in [6.45, 7) is 0. The summed E-state index contributed by atoms with van der Waals surface area (Å²) in [5, 5.41) is 0.611. The molecule has 2 aliphatic rings. The highest BCUT2D eigenvalue weighted by Crippen LogP contribution is 2.34. The zero-order valence-corrected chi connectivity index (χ0v) is 15.4. The first-order valence-electron chi connectivity index (χ1n) is 9.02. The van der Waals surface area contributed by atoms with Gasteiger partial charge in [-0.3, -0.25) is 14.4 Å². The average Bonchev–Trinajstić information content (AvgIpc) is 3.44. The molecule has 1 aliphatic carbocycles. The number of carbonyl (C=O) groups excluding carboxylic acids is 3. The lowest BCUT2D eigenvalue weighted by Gasteiger charge is -2.27. The molecule has 2 fully saturated rings. The van der Waals surface area contributed by atoms with E-state index in [1.54, 1.807) is 41.3 Å². The maximum atomic E-state index is 13.0. The predicted molar refractivity (Wildman–Crippen MR) is 102 cm³/mol. The van der Waals surface area contributed by atoms with Crippen molar-refractivity contribution in [2.75, 3.05) is 4.90 Å². The fraction of sp³-hybridized carbons (Fsp3) is 0.286. The van der Waals surface area contributed by atoms with Crippen LogP contribution in [0, 0.1) is 0 Å². The van der Waals surface area contributed by atoms with Gasteiger partial charge in [-0.15, -0.1) is 0 Å². The average molecular weight is 383 g/mol. The Balaban J connectivity index is 1.55. The number of hydrogen-bond donors (Lipinski definition) is 0. The maximum absolute atomic E-state index is 13.0. The van der Waals surface area contributed by atoms with Crippen molar-refractivity contribution < 1.29 is 14.4 Å². The minimum Gasteiger partial charge on any atom is -0.327 e. The molecule has 1 saturated carbocycles. The summed E-state index contributed by atoms with van der Waals surface area (Å²) in [5.74, 6) is -0.704. The molecule has 0 aromatic heterocycles. The van der Waals surface area contributed by atoms with E-state index >= 15 is 0 Å². The van der Waals surface area contributed by atoms with Crippen molar-refractivity contribution in [3.63, 3.8) is 0 Å². The molecule has 1 saturated heterocycles. The van der Waals surface area contributed by atoms with E-state index < -0.39 is 6.04 Å². The summed E-state index contributed by atoms with van der Waals surface area (Å²) in [4.78, 5) is 41.3. The third-order valence-electron chi connectivity index (χ3n) is 4.97. The number of para-hydroxylation sites is 1. The molecular formula is C21H19ClN2O3. The highest BCUT2D eigenvalue weighted by atomic mass is 35.5. The van der Waals surface area contributed by atoms with Gasteiger partial charge in [-0.25, -0.2) is 4.90 Å². The molecule has 5 nitrogen and oxygen atoms in total. The van der Waals surface area contributed by atoms with E-state index in [0.717, 1.165) is 18.4 Å². The molecule has 1 heterocycles. The molecule has 0 radical (unpaired) electrons. The molecule has 2 aromatic rings. The van der Waals surface area contributed by atoms with E-state index in [9.17, 15) is 14.4 Å². The molecule has 138 valence electrons. The maximum Gasteiger partial charge on any atom is 0.257 e. The van der Waals surface area contributed by atoms with Crippen LogP contribution in [-0.2, 0) is 20.8 Å². The van der Waals surface area contributed by atoms with Crippen LogP contribution in [0.2, 0.25) is 5.02 Å². The van der Waals surface area contributed by atoms with Crippen molar-refractivity contribution >= 4 is 35.0 Å². The van der Waals surface area contributed by atoms with E-state index in [1.807, 2.05) is 18.2 Å².